The standard InChI is InChI=1S/C31H54N2O3/c1-4-29(27-20-18-26(19-21-27)25-10-7-6-8-11-25)32-23(3)33(5-2)22-24-14-16-28(17-15-24)30(34)12-9-13-31(35)36/h10,14,16,18,20,23-24,26-32,34-36H,4-9,11-13,15,17,19,21-22H2,1-3H3/t23?,24?,26-,27?,28?,29?,30+/m1/s1. The Morgan fingerprint density at radius 3 is 2.31 bits per heavy atom. The maximum atomic E-state index is 10.5. The predicted octanol–water partition coefficient (Wildman–Crippen LogP) is 5.53. The summed E-state index contributed by atoms with van der Waals surface area (Å²) < 4.78 is 0. The molecule has 0 saturated carbocycles. The number of hydrogen-bond donors (Lipinski definition) is 4. The zero-order valence-electron chi connectivity index (χ0n) is 23.2. The van der Waals surface area contributed by atoms with E-state index < -0.39 is 6.29 Å². The van der Waals surface area contributed by atoms with E-state index in [0.717, 1.165) is 32.4 Å². The van der Waals surface area contributed by atoms with Gasteiger partial charge in [-0.1, -0.05) is 49.8 Å². The van der Waals surface area contributed by atoms with E-state index in [1.807, 2.05) is 0 Å². The number of hydrogen-bond acceptors (Lipinski definition) is 5. The Bertz CT molecular complexity index is 719. The Labute approximate surface area is 220 Å². The van der Waals surface area contributed by atoms with E-state index in [-0.39, 0.29) is 12.0 Å². The van der Waals surface area contributed by atoms with E-state index >= 15 is 0 Å². The van der Waals surface area contributed by atoms with Crippen molar-refractivity contribution in [2.75, 3.05) is 13.1 Å². The minimum absolute atomic E-state index is 0.193. The van der Waals surface area contributed by atoms with Gasteiger partial charge in [-0.05, 0) is 108 Å². The fraction of sp³-hybridized carbons (Fsp3) is 0.806. The zero-order valence-corrected chi connectivity index (χ0v) is 23.2. The Morgan fingerprint density at radius 1 is 0.944 bits per heavy atom. The molecule has 7 atom stereocenters. The van der Waals surface area contributed by atoms with Crippen molar-refractivity contribution in [3.8, 4) is 0 Å². The molecule has 5 nitrogen and oxygen atoms in total. The minimum atomic E-state index is -1.27. The molecule has 0 aromatic heterocycles. The summed E-state index contributed by atoms with van der Waals surface area (Å²) >= 11 is 0. The molecular formula is C31H54N2O3. The van der Waals surface area contributed by atoms with Gasteiger partial charge in [0.15, 0.2) is 6.29 Å². The lowest BCUT2D eigenvalue weighted by molar-refractivity contribution is -0.0486. The van der Waals surface area contributed by atoms with Gasteiger partial charge < -0.3 is 15.3 Å². The molecule has 3 aliphatic rings. The van der Waals surface area contributed by atoms with Crippen LogP contribution in [0.1, 0.15) is 97.8 Å². The summed E-state index contributed by atoms with van der Waals surface area (Å²) in [7, 11) is 0. The van der Waals surface area contributed by atoms with Gasteiger partial charge in [0.05, 0.1) is 12.3 Å². The maximum Gasteiger partial charge on any atom is 0.151 e. The molecule has 4 N–H and O–H groups in total. The van der Waals surface area contributed by atoms with Crippen LogP contribution in [0.15, 0.2) is 36.0 Å². The summed E-state index contributed by atoms with van der Waals surface area (Å²) in [6.07, 6.45) is 23.5. The third-order valence-electron chi connectivity index (χ3n) is 9.00. The monoisotopic (exact) mass is 502 g/mol. The van der Waals surface area contributed by atoms with E-state index in [1.165, 1.54) is 38.5 Å². The molecule has 5 unspecified atom stereocenters. The van der Waals surface area contributed by atoms with Crippen molar-refractivity contribution in [1.29, 1.82) is 0 Å². The molecule has 5 heteroatoms. The SMILES string of the molecule is CCC(NC(C)N(CC)CC1C=CC([C@@H](O)CCCC(O)O)CC1)C1C=C[C@@H](C2=CCCCC2)CC1. The number of aliphatic hydroxyl groups excluding tert-OH is 2. The van der Waals surface area contributed by atoms with Gasteiger partial charge in [0, 0.05) is 18.5 Å². The van der Waals surface area contributed by atoms with E-state index in [9.17, 15) is 5.11 Å². The van der Waals surface area contributed by atoms with Crippen LogP contribution in [-0.2, 0) is 0 Å². The van der Waals surface area contributed by atoms with Crippen molar-refractivity contribution in [2.24, 2.45) is 23.7 Å². The van der Waals surface area contributed by atoms with Gasteiger partial charge in [-0.3, -0.25) is 10.2 Å². The quantitative estimate of drug-likeness (QED) is 0.186. The maximum absolute atomic E-state index is 10.5. The topological polar surface area (TPSA) is 76.0 Å². The van der Waals surface area contributed by atoms with Gasteiger partial charge in [-0.25, -0.2) is 0 Å². The first-order valence-electron chi connectivity index (χ1n) is 15.0. The first kappa shape index (κ1) is 29.6. The predicted molar refractivity (Wildman–Crippen MR) is 149 cm³/mol. The van der Waals surface area contributed by atoms with Gasteiger partial charge >= 0.3 is 0 Å². The Balaban J connectivity index is 1.46. The molecule has 0 bridgehead atoms. The fourth-order valence-corrected chi connectivity index (χ4v) is 6.60. The van der Waals surface area contributed by atoms with Crippen LogP contribution >= 0.6 is 0 Å². The smallest absolute Gasteiger partial charge is 0.151 e. The number of nitrogens with one attached hydrogen (secondary N) is 1. The lowest BCUT2D eigenvalue weighted by atomic mass is 9.78. The van der Waals surface area contributed by atoms with Crippen LogP contribution in [0.3, 0.4) is 0 Å². The molecule has 0 heterocycles. The molecule has 0 fully saturated rings. The number of aliphatic hydroxyl groups is 3. The third-order valence-corrected chi connectivity index (χ3v) is 9.00. The van der Waals surface area contributed by atoms with Crippen LogP contribution in [0.4, 0.5) is 0 Å². The number of allylic oxidation sites excluding steroid dienone is 3. The molecule has 206 valence electrons. The molecule has 3 aliphatic carbocycles. The second-order valence-corrected chi connectivity index (χ2v) is 11.6. The molecule has 36 heavy (non-hydrogen) atoms. The number of nitrogens with zero attached hydrogens (tertiary/aromatic N) is 1. The molecule has 0 aliphatic heterocycles. The Kier molecular flexibility index (Phi) is 12.7. The van der Waals surface area contributed by atoms with Gasteiger partial charge in [0.1, 0.15) is 0 Å². The lowest BCUT2D eigenvalue weighted by Crippen LogP contribution is -2.51. The highest BCUT2D eigenvalue weighted by Gasteiger charge is 2.28. The van der Waals surface area contributed by atoms with Crippen molar-refractivity contribution in [3.63, 3.8) is 0 Å². The average molecular weight is 503 g/mol. The second kappa shape index (κ2) is 15.4. The van der Waals surface area contributed by atoms with Crippen LogP contribution in [0.25, 0.3) is 0 Å². The highest BCUT2D eigenvalue weighted by molar-refractivity contribution is 5.18. The molecule has 0 radical (unpaired) electrons. The van der Waals surface area contributed by atoms with E-state index in [0.29, 0.717) is 49.2 Å². The van der Waals surface area contributed by atoms with Crippen molar-refractivity contribution in [2.45, 2.75) is 122 Å². The second-order valence-electron chi connectivity index (χ2n) is 11.6. The molecule has 0 saturated heterocycles. The van der Waals surface area contributed by atoms with Gasteiger partial charge in [0.25, 0.3) is 0 Å². The van der Waals surface area contributed by atoms with Gasteiger partial charge in [-0.15, -0.1) is 0 Å². The van der Waals surface area contributed by atoms with E-state index in [4.69, 9.17) is 10.2 Å². The fourth-order valence-electron chi connectivity index (χ4n) is 6.60. The normalized spacial score (nSPS) is 29.4. The summed E-state index contributed by atoms with van der Waals surface area (Å²) in [6, 6.07) is 0.519. The van der Waals surface area contributed by atoms with Crippen molar-refractivity contribution >= 4 is 0 Å². The molecule has 0 amide bonds. The molecule has 3 rings (SSSR count). The molecule has 0 spiro atoms. The summed E-state index contributed by atoms with van der Waals surface area (Å²) in [5.41, 5.74) is 1.70. The van der Waals surface area contributed by atoms with Crippen molar-refractivity contribution in [3.05, 3.63) is 36.0 Å². The molecule has 0 aromatic rings. The van der Waals surface area contributed by atoms with Crippen molar-refractivity contribution in [1.82, 2.24) is 10.2 Å². The highest BCUT2D eigenvalue weighted by Crippen LogP contribution is 2.34. The summed E-state index contributed by atoms with van der Waals surface area (Å²) in [5.74, 6) is 2.03. The Morgan fingerprint density at radius 2 is 1.72 bits per heavy atom. The number of rotatable bonds is 14. The van der Waals surface area contributed by atoms with Gasteiger partial charge in [-0.2, -0.15) is 0 Å². The van der Waals surface area contributed by atoms with Crippen LogP contribution in [-0.4, -0.2) is 57.9 Å². The molecule has 0 aromatic carbocycles. The zero-order chi connectivity index (χ0) is 25.9. The van der Waals surface area contributed by atoms with Crippen LogP contribution < -0.4 is 5.32 Å². The van der Waals surface area contributed by atoms with Crippen LogP contribution in [0.5, 0.6) is 0 Å². The summed E-state index contributed by atoms with van der Waals surface area (Å²) in [6.45, 7) is 8.98. The van der Waals surface area contributed by atoms with Crippen LogP contribution in [0, 0.1) is 23.7 Å². The summed E-state index contributed by atoms with van der Waals surface area (Å²) in [4.78, 5) is 2.57. The first-order valence-corrected chi connectivity index (χ1v) is 15.0. The highest BCUT2D eigenvalue weighted by atomic mass is 16.5. The van der Waals surface area contributed by atoms with Gasteiger partial charge in [0.2, 0.25) is 0 Å². The van der Waals surface area contributed by atoms with Crippen molar-refractivity contribution < 1.29 is 15.3 Å². The largest absolute Gasteiger partial charge is 0.393 e. The lowest BCUT2D eigenvalue weighted by Gasteiger charge is -2.38. The van der Waals surface area contributed by atoms with Crippen LogP contribution in [0.2, 0.25) is 0 Å². The van der Waals surface area contributed by atoms with E-state index in [2.05, 4.69) is 61.4 Å². The van der Waals surface area contributed by atoms with E-state index in [1.54, 1.807) is 5.57 Å². The average Bonchev–Trinajstić information content (AvgIpc) is 2.91. The molecular weight excluding hydrogens is 448 g/mol. The Hall–Kier alpha value is -0.980. The minimum Gasteiger partial charge on any atom is -0.393 e. The summed E-state index contributed by atoms with van der Waals surface area (Å²) in [5, 5.41) is 32.5. The third kappa shape index (κ3) is 9.09. The first-order chi connectivity index (χ1) is 17.4.